The molecule has 1 N–H and O–H groups in total. The Morgan fingerprint density at radius 3 is 2.97 bits per heavy atom. The number of nitrogens with zero attached hydrogens (tertiary/aromatic N) is 2. The Bertz CT molecular complexity index is 1100. The fraction of sp³-hybridized carbons (Fsp3) is 0.190. The highest BCUT2D eigenvalue weighted by Crippen LogP contribution is 2.40. The third-order valence-electron chi connectivity index (χ3n) is 4.22. The van der Waals surface area contributed by atoms with Crippen LogP contribution in [0, 0.1) is 5.82 Å². The fourth-order valence-electron chi connectivity index (χ4n) is 2.78. The highest BCUT2D eigenvalue weighted by Gasteiger charge is 2.18. The zero-order chi connectivity index (χ0) is 21.6. The Balaban J connectivity index is 1.36. The summed E-state index contributed by atoms with van der Waals surface area (Å²) in [5.41, 5.74) is 1.32. The van der Waals surface area contributed by atoms with Crippen LogP contribution < -0.4 is 19.5 Å². The van der Waals surface area contributed by atoms with Gasteiger partial charge >= 0.3 is 0 Å². The number of anilines is 1. The molecular formula is C21H18FN3O4S2. The van der Waals surface area contributed by atoms with Gasteiger partial charge in [-0.1, -0.05) is 41.3 Å². The second kappa shape index (κ2) is 9.80. The maximum absolute atomic E-state index is 13.7. The van der Waals surface area contributed by atoms with Crippen molar-refractivity contribution in [3.05, 3.63) is 59.4 Å². The lowest BCUT2D eigenvalue weighted by atomic mass is 10.1. The number of carbonyl (C=O) groups excluding carboxylic acids is 1. The first-order valence-corrected chi connectivity index (χ1v) is 11.1. The molecule has 0 fully saturated rings. The molecule has 1 aromatic heterocycles. The average Bonchev–Trinajstić information content (AvgIpc) is 3.23. The predicted octanol–water partition coefficient (Wildman–Crippen LogP) is 4.40. The first-order chi connectivity index (χ1) is 15.1. The molecule has 3 aromatic rings. The van der Waals surface area contributed by atoms with Gasteiger partial charge in [0, 0.05) is 11.8 Å². The Morgan fingerprint density at radius 2 is 2.13 bits per heavy atom. The second-order valence-electron chi connectivity index (χ2n) is 6.32. The smallest absolute Gasteiger partial charge is 0.250 e. The first kappa shape index (κ1) is 21.1. The monoisotopic (exact) mass is 459 g/mol. The van der Waals surface area contributed by atoms with Gasteiger partial charge in [0.15, 0.2) is 15.8 Å². The SMILES string of the molecule is COc1cc(/C=C/C(=O)Nc2nnc(SCc3ccccc3F)s2)cc2c1OCCO2. The van der Waals surface area contributed by atoms with Gasteiger partial charge in [0.25, 0.3) is 0 Å². The van der Waals surface area contributed by atoms with E-state index in [2.05, 4.69) is 15.5 Å². The second-order valence-corrected chi connectivity index (χ2v) is 8.52. The van der Waals surface area contributed by atoms with Crippen molar-refractivity contribution in [1.29, 1.82) is 0 Å². The van der Waals surface area contributed by atoms with Crippen LogP contribution in [-0.2, 0) is 10.5 Å². The summed E-state index contributed by atoms with van der Waals surface area (Å²) >= 11 is 2.59. The number of hydrogen-bond donors (Lipinski definition) is 1. The molecule has 7 nitrogen and oxygen atoms in total. The lowest BCUT2D eigenvalue weighted by Gasteiger charge is -2.20. The molecule has 2 aromatic carbocycles. The maximum Gasteiger partial charge on any atom is 0.250 e. The number of ether oxygens (including phenoxy) is 3. The summed E-state index contributed by atoms with van der Waals surface area (Å²) in [6, 6.07) is 10.1. The summed E-state index contributed by atoms with van der Waals surface area (Å²) in [7, 11) is 1.55. The zero-order valence-corrected chi connectivity index (χ0v) is 18.1. The van der Waals surface area contributed by atoms with E-state index in [-0.39, 0.29) is 11.7 Å². The van der Waals surface area contributed by atoms with Crippen LogP contribution >= 0.6 is 23.1 Å². The highest BCUT2D eigenvalue weighted by atomic mass is 32.2. The number of aromatic nitrogens is 2. The normalized spacial score (nSPS) is 12.7. The number of rotatable bonds is 7. The van der Waals surface area contributed by atoms with Crippen molar-refractivity contribution in [2.75, 3.05) is 25.6 Å². The van der Waals surface area contributed by atoms with Gasteiger partial charge in [-0.3, -0.25) is 10.1 Å². The number of thioether (sulfide) groups is 1. The van der Waals surface area contributed by atoms with Gasteiger partial charge in [0.1, 0.15) is 19.0 Å². The molecule has 0 saturated heterocycles. The first-order valence-electron chi connectivity index (χ1n) is 9.29. The van der Waals surface area contributed by atoms with Crippen LogP contribution in [0.2, 0.25) is 0 Å². The van der Waals surface area contributed by atoms with E-state index >= 15 is 0 Å². The highest BCUT2D eigenvalue weighted by molar-refractivity contribution is 8.00. The molecule has 0 atom stereocenters. The number of methoxy groups -OCH3 is 1. The molecule has 160 valence electrons. The van der Waals surface area contributed by atoms with Crippen LogP contribution in [0.25, 0.3) is 6.08 Å². The van der Waals surface area contributed by atoms with E-state index in [4.69, 9.17) is 14.2 Å². The number of amides is 1. The van der Waals surface area contributed by atoms with Crippen molar-refractivity contribution in [2.45, 2.75) is 10.1 Å². The lowest BCUT2D eigenvalue weighted by molar-refractivity contribution is -0.111. The largest absolute Gasteiger partial charge is 0.493 e. The quantitative estimate of drug-likeness (QED) is 0.319. The molecule has 0 radical (unpaired) electrons. The van der Waals surface area contributed by atoms with E-state index in [0.717, 1.165) is 5.56 Å². The van der Waals surface area contributed by atoms with Gasteiger partial charge in [-0.15, -0.1) is 10.2 Å². The zero-order valence-electron chi connectivity index (χ0n) is 16.5. The van der Waals surface area contributed by atoms with E-state index in [9.17, 15) is 9.18 Å². The third-order valence-corrected chi connectivity index (χ3v) is 6.24. The van der Waals surface area contributed by atoms with Crippen molar-refractivity contribution in [3.63, 3.8) is 0 Å². The summed E-state index contributed by atoms with van der Waals surface area (Å²) in [6.45, 7) is 0.918. The number of fused-ring (bicyclic) bond motifs is 1. The molecule has 10 heteroatoms. The summed E-state index contributed by atoms with van der Waals surface area (Å²) in [4.78, 5) is 12.3. The van der Waals surface area contributed by atoms with Crippen molar-refractivity contribution in [3.8, 4) is 17.2 Å². The number of carbonyl (C=O) groups is 1. The molecule has 0 bridgehead atoms. The Kier molecular flexibility index (Phi) is 6.68. The Labute approximate surface area is 186 Å². The molecule has 1 amide bonds. The van der Waals surface area contributed by atoms with Crippen LogP contribution in [0.4, 0.5) is 9.52 Å². The molecule has 0 saturated carbocycles. The van der Waals surface area contributed by atoms with Gasteiger partial charge in [-0.05, 0) is 35.4 Å². The van der Waals surface area contributed by atoms with Crippen LogP contribution in [0.15, 0.2) is 46.8 Å². The summed E-state index contributed by atoms with van der Waals surface area (Å²) in [6.07, 6.45) is 3.03. The predicted molar refractivity (Wildman–Crippen MR) is 118 cm³/mol. The van der Waals surface area contributed by atoms with Gasteiger partial charge in [0.2, 0.25) is 16.8 Å². The number of nitrogens with one attached hydrogen (secondary N) is 1. The van der Waals surface area contributed by atoms with Gasteiger partial charge in [-0.2, -0.15) is 0 Å². The van der Waals surface area contributed by atoms with Crippen molar-refractivity contribution >= 4 is 40.2 Å². The van der Waals surface area contributed by atoms with Crippen LogP contribution in [0.3, 0.4) is 0 Å². The minimum atomic E-state index is -0.351. The number of halogens is 1. The molecule has 0 unspecified atom stereocenters. The Hall–Kier alpha value is -3.11. The molecule has 0 aliphatic carbocycles. The summed E-state index contributed by atoms with van der Waals surface area (Å²) < 4.78 is 30.8. The van der Waals surface area contributed by atoms with Crippen LogP contribution in [0.1, 0.15) is 11.1 Å². The number of hydrogen-bond acceptors (Lipinski definition) is 8. The van der Waals surface area contributed by atoms with E-state index in [1.165, 1.54) is 35.2 Å². The summed E-state index contributed by atoms with van der Waals surface area (Å²) in [5.74, 6) is 1.50. The fourth-order valence-corrected chi connectivity index (χ4v) is 4.52. The Morgan fingerprint density at radius 1 is 1.29 bits per heavy atom. The van der Waals surface area contributed by atoms with Crippen LogP contribution in [-0.4, -0.2) is 36.4 Å². The topological polar surface area (TPSA) is 82.6 Å². The molecular weight excluding hydrogens is 441 g/mol. The van der Waals surface area contributed by atoms with E-state index < -0.39 is 0 Å². The molecule has 31 heavy (non-hydrogen) atoms. The minimum Gasteiger partial charge on any atom is -0.493 e. The maximum atomic E-state index is 13.7. The molecule has 1 aliphatic rings. The average molecular weight is 460 g/mol. The molecule has 1 aliphatic heterocycles. The van der Waals surface area contributed by atoms with E-state index in [1.807, 2.05) is 0 Å². The van der Waals surface area contributed by atoms with Gasteiger partial charge in [-0.25, -0.2) is 4.39 Å². The molecule has 2 heterocycles. The summed E-state index contributed by atoms with van der Waals surface area (Å²) in [5, 5.41) is 11.0. The number of benzene rings is 2. The van der Waals surface area contributed by atoms with Crippen LogP contribution in [0.5, 0.6) is 17.2 Å². The molecule has 4 rings (SSSR count). The van der Waals surface area contributed by atoms with Gasteiger partial charge in [0.05, 0.1) is 7.11 Å². The van der Waals surface area contributed by atoms with Gasteiger partial charge < -0.3 is 14.2 Å². The standard InChI is InChI=1S/C21H18FN3O4S2/c1-27-16-10-13(11-17-19(16)29-9-8-28-17)6-7-18(26)23-20-24-25-21(31-20)30-12-14-4-2-3-5-15(14)22/h2-7,10-11H,8-9,12H2,1H3,(H,23,24,26)/b7-6+. The van der Waals surface area contributed by atoms with E-state index in [0.29, 0.717) is 51.2 Å². The minimum absolute atomic E-state index is 0.256. The third kappa shape index (κ3) is 5.33. The van der Waals surface area contributed by atoms with Crippen molar-refractivity contribution < 1.29 is 23.4 Å². The molecule has 0 spiro atoms. The van der Waals surface area contributed by atoms with Crippen molar-refractivity contribution in [2.24, 2.45) is 0 Å². The lowest BCUT2D eigenvalue weighted by Crippen LogP contribution is -2.16. The van der Waals surface area contributed by atoms with E-state index in [1.54, 1.807) is 43.5 Å². The van der Waals surface area contributed by atoms with Crippen molar-refractivity contribution in [1.82, 2.24) is 10.2 Å².